The molecule has 0 atom stereocenters. The minimum absolute atomic E-state index is 0.0874. The molecule has 0 unspecified atom stereocenters. The fraction of sp³-hybridized carbons (Fsp3) is 0.143. The predicted octanol–water partition coefficient (Wildman–Crippen LogP) is 1.80. The third kappa shape index (κ3) is 2.03. The van der Waals surface area contributed by atoms with Crippen LogP contribution in [-0.4, -0.2) is 14.8 Å². The van der Waals surface area contributed by atoms with E-state index in [1.807, 2.05) is 0 Å². The summed E-state index contributed by atoms with van der Waals surface area (Å²) in [4.78, 5) is 0. The summed E-state index contributed by atoms with van der Waals surface area (Å²) in [5.41, 5.74) is 0.525. The quantitative estimate of drug-likeness (QED) is 0.470. The van der Waals surface area contributed by atoms with Crippen molar-refractivity contribution in [1.82, 2.24) is 0 Å². The standard InChI is InChI=1S/C7H8O3S/c8-6-1-2-7(9)5(3-6)4-11-10/h1-3,8-10H,4H2. The molecule has 0 saturated carbocycles. The van der Waals surface area contributed by atoms with Crippen LogP contribution in [0, 0.1) is 0 Å². The van der Waals surface area contributed by atoms with Crippen LogP contribution in [0.2, 0.25) is 0 Å². The molecule has 3 N–H and O–H groups in total. The van der Waals surface area contributed by atoms with Crippen LogP contribution in [0.15, 0.2) is 18.2 Å². The van der Waals surface area contributed by atoms with Crippen molar-refractivity contribution in [3.63, 3.8) is 0 Å². The van der Waals surface area contributed by atoms with Crippen LogP contribution in [0.4, 0.5) is 0 Å². The van der Waals surface area contributed by atoms with Gasteiger partial charge in [-0.15, -0.1) is 0 Å². The summed E-state index contributed by atoms with van der Waals surface area (Å²) in [6.45, 7) is 0. The van der Waals surface area contributed by atoms with Gasteiger partial charge in [-0.25, -0.2) is 0 Å². The number of rotatable bonds is 2. The van der Waals surface area contributed by atoms with Crippen LogP contribution in [0.3, 0.4) is 0 Å². The molecule has 1 aromatic rings. The van der Waals surface area contributed by atoms with Crippen LogP contribution >= 0.6 is 12.0 Å². The molecule has 11 heavy (non-hydrogen) atoms. The van der Waals surface area contributed by atoms with E-state index in [2.05, 4.69) is 0 Å². The van der Waals surface area contributed by atoms with E-state index >= 15 is 0 Å². The zero-order valence-electron chi connectivity index (χ0n) is 5.69. The van der Waals surface area contributed by atoms with Crippen molar-refractivity contribution in [3.05, 3.63) is 23.8 Å². The first-order valence-electron chi connectivity index (χ1n) is 3.01. The van der Waals surface area contributed by atoms with Gasteiger partial charge in [-0.05, 0) is 30.2 Å². The number of benzene rings is 1. The Kier molecular flexibility index (Phi) is 2.62. The second-order valence-corrected chi connectivity index (χ2v) is 2.63. The highest BCUT2D eigenvalue weighted by molar-refractivity contribution is 7.92. The van der Waals surface area contributed by atoms with Crippen molar-refractivity contribution in [2.45, 2.75) is 5.75 Å². The van der Waals surface area contributed by atoms with Crippen LogP contribution in [0.25, 0.3) is 0 Å². The number of hydrogen-bond donors (Lipinski definition) is 3. The van der Waals surface area contributed by atoms with Gasteiger partial charge < -0.3 is 14.8 Å². The lowest BCUT2D eigenvalue weighted by Gasteiger charge is -2.01. The minimum Gasteiger partial charge on any atom is -0.508 e. The van der Waals surface area contributed by atoms with E-state index in [9.17, 15) is 0 Å². The summed E-state index contributed by atoms with van der Waals surface area (Å²) in [6.07, 6.45) is 0. The van der Waals surface area contributed by atoms with Gasteiger partial charge in [0.15, 0.2) is 0 Å². The molecule has 0 spiro atoms. The van der Waals surface area contributed by atoms with Crippen molar-refractivity contribution in [2.24, 2.45) is 0 Å². The molecule has 1 rings (SSSR count). The van der Waals surface area contributed by atoms with Crippen LogP contribution < -0.4 is 0 Å². The summed E-state index contributed by atoms with van der Waals surface area (Å²) in [7, 11) is 0. The Hall–Kier alpha value is -0.870. The first-order chi connectivity index (χ1) is 5.24. The number of hydrogen-bond acceptors (Lipinski definition) is 4. The molecule has 0 heterocycles. The largest absolute Gasteiger partial charge is 0.508 e. The fourth-order valence-corrected chi connectivity index (χ4v) is 1.13. The molecule has 60 valence electrons. The van der Waals surface area contributed by atoms with Gasteiger partial charge in [0.05, 0.1) is 0 Å². The Balaban J connectivity index is 2.93. The van der Waals surface area contributed by atoms with Crippen LogP contribution in [-0.2, 0) is 5.75 Å². The van der Waals surface area contributed by atoms with E-state index in [1.165, 1.54) is 18.2 Å². The molecule has 0 aliphatic heterocycles. The average molecular weight is 172 g/mol. The molecule has 3 nitrogen and oxygen atoms in total. The number of phenolic OH excluding ortho intramolecular Hbond substituents is 2. The summed E-state index contributed by atoms with van der Waals surface area (Å²) in [6, 6.07) is 4.19. The van der Waals surface area contributed by atoms with Gasteiger partial charge in [0.1, 0.15) is 11.5 Å². The molecule has 1 aromatic carbocycles. The topological polar surface area (TPSA) is 60.7 Å². The van der Waals surface area contributed by atoms with Gasteiger partial charge in [-0.1, -0.05) is 0 Å². The third-order valence-corrected chi connectivity index (χ3v) is 1.72. The van der Waals surface area contributed by atoms with E-state index < -0.39 is 0 Å². The molecular weight excluding hydrogens is 164 g/mol. The lowest BCUT2D eigenvalue weighted by atomic mass is 10.2. The highest BCUT2D eigenvalue weighted by Crippen LogP contribution is 2.24. The highest BCUT2D eigenvalue weighted by Gasteiger charge is 2.00. The molecular formula is C7H8O3S. The molecule has 0 fully saturated rings. The van der Waals surface area contributed by atoms with Gasteiger partial charge in [0.25, 0.3) is 0 Å². The number of aromatic hydroxyl groups is 2. The molecule has 4 heteroatoms. The summed E-state index contributed by atoms with van der Waals surface area (Å²) in [5, 5.41) is 18.1. The normalized spacial score (nSPS) is 9.91. The van der Waals surface area contributed by atoms with E-state index in [0.29, 0.717) is 17.6 Å². The van der Waals surface area contributed by atoms with Crippen molar-refractivity contribution in [2.75, 3.05) is 0 Å². The highest BCUT2D eigenvalue weighted by atomic mass is 32.2. The molecule has 0 radical (unpaired) electrons. The molecule has 0 saturated heterocycles. The first-order valence-corrected chi connectivity index (χ1v) is 3.95. The lowest BCUT2D eigenvalue weighted by molar-refractivity contribution is 0.456. The zero-order valence-corrected chi connectivity index (χ0v) is 6.51. The molecule has 0 amide bonds. The Morgan fingerprint density at radius 2 is 2.00 bits per heavy atom. The smallest absolute Gasteiger partial charge is 0.119 e. The van der Waals surface area contributed by atoms with Crippen LogP contribution in [0.5, 0.6) is 11.5 Å². The summed E-state index contributed by atoms with van der Waals surface area (Å²) < 4.78 is 8.46. The molecule has 0 aromatic heterocycles. The maximum atomic E-state index is 9.13. The van der Waals surface area contributed by atoms with E-state index in [-0.39, 0.29) is 17.3 Å². The van der Waals surface area contributed by atoms with Crippen LogP contribution in [0.1, 0.15) is 5.56 Å². The second-order valence-electron chi connectivity index (χ2n) is 2.09. The SMILES string of the molecule is OSCc1cc(O)ccc1O. The van der Waals surface area contributed by atoms with Gasteiger partial charge in [-0.2, -0.15) is 0 Å². The first kappa shape index (κ1) is 8.23. The lowest BCUT2D eigenvalue weighted by Crippen LogP contribution is -1.80. The molecule has 0 aliphatic rings. The summed E-state index contributed by atoms with van der Waals surface area (Å²) >= 11 is 0.606. The Bertz CT molecular complexity index is 249. The fourth-order valence-electron chi connectivity index (χ4n) is 0.757. The molecule has 0 aliphatic carbocycles. The Morgan fingerprint density at radius 3 is 2.64 bits per heavy atom. The van der Waals surface area contributed by atoms with Crippen molar-refractivity contribution in [1.29, 1.82) is 0 Å². The third-order valence-electron chi connectivity index (χ3n) is 1.28. The van der Waals surface area contributed by atoms with Crippen molar-refractivity contribution in [3.8, 4) is 11.5 Å². The van der Waals surface area contributed by atoms with Gasteiger partial charge in [0, 0.05) is 11.3 Å². The van der Waals surface area contributed by atoms with E-state index in [1.54, 1.807) is 0 Å². The number of phenols is 2. The average Bonchev–Trinajstić information content (AvgIpc) is 1.98. The zero-order chi connectivity index (χ0) is 8.27. The van der Waals surface area contributed by atoms with Crippen molar-refractivity contribution < 1.29 is 14.8 Å². The Labute approximate surface area is 68.5 Å². The van der Waals surface area contributed by atoms with Gasteiger partial charge in [0.2, 0.25) is 0 Å². The predicted molar refractivity (Wildman–Crippen MR) is 43.7 cm³/mol. The minimum atomic E-state index is 0.0874. The van der Waals surface area contributed by atoms with E-state index in [4.69, 9.17) is 14.8 Å². The van der Waals surface area contributed by atoms with Gasteiger partial charge >= 0.3 is 0 Å². The maximum Gasteiger partial charge on any atom is 0.119 e. The van der Waals surface area contributed by atoms with Gasteiger partial charge in [-0.3, -0.25) is 0 Å². The Morgan fingerprint density at radius 1 is 1.27 bits per heavy atom. The monoisotopic (exact) mass is 172 g/mol. The second kappa shape index (κ2) is 3.50. The van der Waals surface area contributed by atoms with Crippen molar-refractivity contribution >= 4 is 12.0 Å². The van der Waals surface area contributed by atoms with E-state index in [0.717, 1.165) is 0 Å². The molecule has 0 bridgehead atoms. The summed E-state index contributed by atoms with van der Waals surface area (Å²) in [5.74, 6) is 0.455. The maximum absolute atomic E-state index is 9.13.